The summed E-state index contributed by atoms with van der Waals surface area (Å²) in [5.74, 6) is 1.38. The summed E-state index contributed by atoms with van der Waals surface area (Å²) in [6.07, 6.45) is 6.59. The maximum absolute atomic E-state index is 13.1. The third kappa shape index (κ3) is 4.50. The summed E-state index contributed by atoms with van der Waals surface area (Å²) in [5.41, 5.74) is 2.34. The molecular formula is C21H28FN3. The Hall–Kier alpha value is -2.10. The lowest BCUT2D eigenvalue weighted by atomic mass is 9.81. The maximum Gasteiger partial charge on any atom is 0.128 e. The standard InChI is InChI=1S/C21H28FN3/c1-3-25(4-2)21-13-12-20(15-23-21)24-19-7-5-6-17(14-19)16-8-10-18(22)11-9-16/h8-13,15,17,19,24H,3-7,14H2,1-2H3. The van der Waals surface area contributed by atoms with Crippen LogP contribution in [0, 0.1) is 5.82 Å². The molecule has 1 aromatic heterocycles. The van der Waals surface area contributed by atoms with Crippen LogP contribution in [0.15, 0.2) is 42.6 Å². The topological polar surface area (TPSA) is 28.2 Å². The van der Waals surface area contributed by atoms with Crippen molar-refractivity contribution in [1.82, 2.24) is 4.98 Å². The fourth-order valence-electron chi connectivity index (χ4n) is 3.80. The van der Waals surface area contributed by atoms with E-state index in [1.807, 2.05) is 18.3 Å². The van der Waals surface area contributed by atoms with Crippen LogP contribution in [0.2, 0.25) is 0 Å². The number of rotatable bonds is 6. The zero-order chi connectivity index (χ0) is 17.6. The van der Waals surface area contributed by atoms with Crippen molar-refractivity contribution in [2.24, 2.45) is 0 Å². The number of anilines is 2. The number of halogens is 1. The summed E-state index contributed by atoms with van der Waals surface area (Å²) < 4.78 is 13.1. The summed E-state index contributed by atoms with van der Waals surface area (Å²) in [6.45, 7) is 6.24. The number of pyridine rings is 1. The normalized spacial score (nSPS) is 20.3. The zero-order valence-corrected chi connectivity index (χ0v) is 15.2. The quantitative estimate of drug-likeness (QED) is 0.782. The van der Waals surface area contributed by atoms with Crippen molar-refractivity contribution in [2.45, 2.75) is 51.5 Å². The van der Waals surface area contributed by atoms with Crippen LogP contribution < -0.4 is 10.2 Å². The molecule has 1 aliphatic carbocycles. The van der Waals surface area contributed by atoms with Crippen LogP contribution in [0.1, 0.15) is 51.0 Å². The highest BCUT2D eigenvalue weighted by atomic mass is 19.1. The molecule has 0 bridgehead atoms. The maximum atomic E-state index is 13.1. The van der Waals surface area contributed by atoms with Gasteiger partial charge in [-0.2, -0.15) is 0 Å². The van der Waals surface area contributed by atoms with Crippen LogP contribution in [-0.2, 0) is 0 Å². The van der Waals surface area contributed by atoms with Gasteiger partial charge in [0.15, 0.2) is 0 Å². The number of benzene rings is 1. The summed E-state index contributed by atoms with van der Waals surface area (Å²) in [6, 6.07) is 11.7. The zero-order valence-electron chi connectivity index (χ0n) is 15.2. The fraction of sp³-hybridized carbons (Fsp3) is 0.476. The van der Waals surface area contributed by atoms with E-state index in [0.717, 1.165) is 31.0 Å². The highest BCUT2D eigenvalue weighted by molar-refractivity contribution is 5.49. The highest BCUT2D eigenvalue weighted by Crippen LogP contribution is 2.34. The lowest BCUT2D eigenvalue weighted by molar-refractivity contribution is 0.410. The van der Waals surface area contributed by atoms with Crippen LogP contribution in [0.3, 0.4) is 0 Å². The molecule has 134 valence electrons. The summed E-state index contributed by atoms with van der Waals surface area (Å²) >= 11 is 0. The monoisotopic (exact) mass is 341 g/mol. The Kier molecular flexibility index (Phi) is 5.90. The number of nitrogens with one attached hydrogen (secondary N) is 1. The van der Waals surface area contributed by atoms with E-state index in [4.69, 9.17) is 0 Å². The molecule has 0 saturated heterocycles. The Labute approximate surface area is 150 Å². The van der Waals surface area contributed by atoms with Crippen molar-refractivity contribution < 1.29 is 4.39 Å². The largest absolute Gasteiger partial charge is 0.381 e. The van der Waals surface area contributed by atoms with Gasteiger partial charge in [-0.1, -0.05) is 18.6 Å². The number of nitrogens with zero attached hydrogens (tertiary/aromatic N) is 2. The van der Waals surface area contributed by atoms with E-state index in [9.17, 15) is 4.39 Å². The van der Waals surface area contributed by atoms with Crippen molar-refractivity contribution in [3.05, 3.63) is 54.0 Å². The van der Waals surface area contributed by atoms with Crippen molar-refractivity contribution in [1.29, 1.82) is 0 Å². The molecule has 3 nitrogen and oxygen atoms in total. The minimum atomic E-state index is -0.159. The van der Waals surface area contributed by atoms with E-state index in [-0.39, 0.29) is 5.82 Å². The van der Waals surface area contributed by atoms with E-state index in [1.165, 1.54) is 24.8 Å². The van der Waals surface area contributed by atoms with Crippen LogP contribution in [-0.4, -0.2) is 24.1 Å². The Morgan fingerprint density at radius 2 is 1.84 bits per heavy atom. The molecule has 1 saturated carbocycles. The minimum Gasteiger partial charge on any atom is -0.381 e. The van der Waals surface area contributed by atoms with E-state index in [1.54, 1.807) is 12.1 Å². The lowest BCUT2D eigenvalue weighted by Crippen LogP contribution is -2.27. The highest BCUT2D eigenvalue weighted by Gasteiger charge is 2.23. The second kappa shape index (κ2) is 8.32. The molecule has 3 rings (SSSR count). The number of hydrogen-bond donors (Lipinski definition) is 1. The molecule has 0 spiro atoms. The van der Waals surface area contributed by atoms with Crippen LogP contribution in [0.4, 0.5) is 15.9 Å². The average Bonchev–Trinajstić information content (AvgIpc) is 2.65. The molecule has 0 radical (unpaired) electrons. The first-order valence-corrected chi connectivity index (χ1v) is 9.42. The van der Waals surface area contributed by atoms with Crippen LogP contribution in [0.5, 0.6) is 0 Å². The van der Waals surface area contributed by atoms with Gasteiger partial charge in [0.25, 0.3) is 0 Å². The van der Waals surface area contributed by atoms with Crippen LogP contribution in [0.25, 0.3) is 0 Å². The Bertz CT molecular complexity index is 650. The van der Waals surface area contributed by atoms with Crippen LogP contribution >= 0.6 is 0 Å². The average molecular weight is 341 g/mol. The molecule has 1 heterocycles. The molecule has 1 N–H and O–H groups in total. The number of hydrogen-bond acceptors (Lipinski definition) is 3. The van der Waals surface area contributed by atoms with Gasteiger partial charge in [0.1, 0.15) is 11.6 Å². The molecule has 0 aliphatic heterocycles. The van der Waals surface area contributed by atoms with Crippen molar-refractivity contribution in [3.8, 4) is 0 Å². The summed E-state index contributed by atoms with van der Waals surface area (Å²) in [5, 5.41) is 3.64. The first kappa shape index (κ1) is 17.7. The van der Waals surface area contributed by atoms with Gasteiger partial charge >= 0.3 is 0 Å². The Morgan fingerprint density at radius 3 is 2.48 bits per heavy atom. The van der Waals surface area contributed by atoms with E-state index < -0.39 is 0 Å². The minimum absolute atomic E-state index is 0.159. The predicted molar refractivity (Wildman–Crippen MR) is 103 cm³/mol. The Balaban J connectivity index is 1.61. The molecule has 1 aliphatic rings. The molecule has 0 amide bonds. The van der Waals surface area contributed by atoms with E-state index >= 15 is 0 Å². The van der Waals surface area contributed by atoms with E-state index in [2.05, 4.69) is 41.2 Å². The molecule has 4 heteroatoms. The smallest absolute Gasteiger partial charge is 0.128 e. The number of aromatic nitrogens is 1. The first-order valence-electron chi connectivity index (χ1n) is 9.42. The van der Waals surface area contributed by atoms with Gasteiger partial charge in [-0.3, -0.25) is 0 Å². The molecule has 25 heavy (non-hydrogen) atoms. The van der Waals surface area contributed by atoms with Gasteiger partial charge in [-0.15, -0.1) is 0 Å². The summed E-state index contributed by atoms with van der Waals surface area (Å²) in [4.78, 5) is 6.84. The second-order valence-electron chi connectivity index (χ2n) is 6.83. The second-order valence-corrected chi connectivity index (χ2v) is 6.83. The molecule has 2 unspecified atom stereocenters. The van der Waals surface area contributed by atoms with Gasteiger partial charge < -0.3 is 10.2 Å². The van der Waals surface area contributed by atoms with Crippen molar-refractivity contribution in [2.75, 3.05) is 23.3 Å². The molecule has 1 fully saturated rings. The Morgan fingerprint density at radius 1 is 1.08 bits per heavy atom. The molecule has 2 aromatic rings. The van der Waals surface area contributed by atoms with Gasteiger partial charge in [-0.05, 0) is 68.9 Å². The predicted octanol–water partition coefficient (Wildman–Crippen LogP) is 5.21. The molecule has 2 atom stereocenters. The first-order chi connectivity index (χ1) is 12.2. The van der Waals surface area contributed by atoms with Gasteiger partial charge in [0, 0.05) is 19.1 Å². The SMILES string of the molecule is CCN(CC)c1ccc(NC2CCCC(c3ccc(F)cc3)C2)cn1. The van der Waals surface area contributed by atoms with Crippen molar-refractivity contribution >= 4 is 11.5 Å². The van der Waals surface area contributed by atoms with Gasteiger partial charge in [0.2, 0.25) is 0 Å². The fourth-order valence-corrected chi connectivity index (χ4v) is 3.80. The molecular weight excluding hydrogens is 313 g/mol. The van der Waals surface area contributed by atoms with Gasteiger partial charge in [-0.25, -0.2) is 9.37 Å². The third-order valence-corrected chi connectivity index (χ3v) is 5.22. The lowest BCUT2D eigenvalue weighted by Gasteiger charge is -2.31. The van der Waals surface area contributed by atoms with E-state index in [0.29, 0.717) is 12.0 Å². The third-order valence-electron chi connectivity index (χ3n) is 5.22. The summed E-state index contributed by atoms with van der Waals surface area (Å²) in [7, 11) is 0. The molecule has 1 aromatic carbocycles. The van der Waals surface area contributed by atoms with Crippen molar-refractivity contribution in [3.63, 3.8) is 0 Å². The van der Waals surface area contributed by atoms with Gasteiger partial charge in [0.05, 0.1) is 11.9 Å².